The van der Waals surface area contributed by atoms with Gasteiger partial charge in [-0.1, -0.05) is 0 Å². The fourth-order valence-corrected chi connectivity index (χ4v) is 3.71. The van der Waals surface area contributed by atoms with E-state index in [9.17, 15) is 9.59 Å². The summed E-state index contributed by atoms with van der Waals surface area (Å²) >= 11 is 0. The van der Waals surface area contributed by atoms with E-state index in [1.54, 1.807) is 6.07 Å². The smallest absolute Gasteiger partial charge is 0.257 e. The summed E-state index contributed by atoms with van der Waals surface area (Å²) in [5, 5.41) is 5.84. The molecule has 1 atom stereocenters. The lowest BCUT2D eigenvalue weighted by Crippen LogP contribution is -2.34. The minimum atomic E-state index is -0.0732. The molecule has 1 saturated carbocycles. The first-order valence-electron chi connectivity index (χ1n) is 9.24. The Hall–Kier alpha value is -2.08. The van der Waals surface area contributed by atoms with Crippen LogP contribution in [0.3, 0.4) is 0 Å². The number of nitrogens with zero attached hydrogens (tertiary/aromatic N) is 1. The molecule has 1 saturated heterocycles. The summed E-state index contributed by atoms with van der Waals surface area (Å²) in [7, 11) is 0. The van der Waals surface area contributed by atoms with Crippen LogP contribution in [0.1, 0.15) is 31.2 Å². The number of anilines is 1. The van der Waals surface area contributed by atoms with Gasteiger partial charge in [-0.25, -0.2) is 0 Å². The number of nitrogens with one attached hydrogen (secondary N) is 2. The van der Waals surface area contributed by atoms with Crippen LogP contribution in [-0.4, -0.2) is 49.0 Å². The van der Waals surface area contributed by atoms with Crippen molar-refractivity contribution in [1.82, 2.24) is 10.2 Å². The first-order chi connectivity index (χ1) is 12.2. The summed E-state index contributed by atoms with van der Waals surface area (Å²) in [6.45, 7) is 3.06. The monoisotopic (exact) mass is 343 g/mol. The normalized spacial score (nSPS) is 23.0. The summed E-state index contributed by atoms with van der Waals surface area (Å²) < 4.78 is 5.61. The number of amides is 2. The van der Waals surface area contributed by atoms with Gasteiger partial charge in [0.25, 0.3) is 5.91 Å². The number of hydrogen-bond acceptors (Lipinski definition) is 4. The number of rotatable bonds is 6. The van der Waals surface area contributed by atoms with Crippen LogP contribution in [0.5, 0.6) is 5.75 Å². The Morgan fingerprint density at radius 3 is 3.00 bits per heavy atom. The van der Waals surface area contributed by atoms with E-state index in [1.165, 1.54) is 25.8 Å². The SMILES string of the molecule is O=C(COc1ccc2c(c1)CCC(=O)N2)NCC1CCN(C2CC2)C1. The molecule has 2 amide bonds. The van der Waals surface area contributed by atoms with E-state index in [4.69, 9.17) is 4.74 Å². The van der Waals surface area contributed by atoms with Crippen molar-refractivity contribution in [2.75, 3.05) is 31.6 Å². The van der Waals surface area contributed by atoms with Crippen LogP contribution >= 0.6 is 0 Å². The average Bonchev–Trinajstić information content (AvgIpc) is 3.36. The molecule has 1 aromatic carbocycles. The van der Waals surface area contributed by atoms with Crippen LogP contribution in [0, 0.1) is 5.92 Å². The number of hydrogen-bond donors (Lipinski definition) is 2. The lowest BCUT2D eigenvalue weighted by molar-refractivity contribution is -0.123. The van der Waals surface area contributed by atoms with Gasteiger partial charge < -0.3 is 20.3 Å². The molecule has 1 unspecified atom stereocenters. The Labute approximate surface area is 147 Å². The number of carbonyl (C=O) groups is 2. The summed E-state index contributed by atoms with van der Waals surface area (Å²) in [5.41, 5.74) is 1.90. The third kappa shape index (κ3) is 4.12. The molecule has 2 aliphatic heterocycles. The molecule has 25 heavy (non-hydrogen) atoms. The minimum absolute atomic E-state index is 0.0319. The summed E-state index contributed by atoms with van der Waals surface area (Å²) in [5.74, 6) is 1.21. The molecule has 4 rings (SSSR count). The van der Waals surface area contributed by atoms with Gasteiger partial charge in [0.15, 0.2) is 6.61 Å². The molecule has 1 aromatic rings. The van der Waals surface area contributed by atoms with Gasteiger partial charge in [0.05, 0.1) is 0 Å². The van der Waals surface area contributed by atoms with Gasteiger partial charge in [-0.2, -0.15) is 0 Å². The Morgan fingerprint density at radius 2 is 2.16 bits per heavy atom. The van der Waals surface area contributed by atoms with Crippen molar-refractivity contribution in [3.63, 3.8) is 0 Å². The summed E-state index contributed by atoms with van der Waals surface area (Å²) in [6.07, 6.45) is 5.07. The molecule has 6 heteroatoms. The second kappa shape index (κ2) is 7.04. The van der Waals surface area contributed by atoms with Gasteiger partial charge in [0.2, 0.25) is 5.91 Å². The molecule has 2 heterocycles. The number of benzene rings is 1. The highest BCUT2D eigenvalue weighted by atomic mass is 16.5. The molecular weight excluding hydrogens is 318 g/mol. The maximum Gasteiger partial charge on any atom is 0.257 e. The van der Waals surface area contributed by atoms with Crippen LogP contribution in [0.15, 0.2) is 18.2 Å². The number of likely N-dealkylation sites (tertiary alicyclic amines) is 1. The van der Waals surface area contributed by atoms with Crippen molar-refractivity contribution in [2.45, 2.75) is 38.1 Å². The third-order valence-corrected chi connectivity index (χ3v) is 5.31. The first kappa shape index (κ1) is 16.4. The van der Waals surface area contributed by atoms with Crippen molar-refractivity contribution >= 4 is 17.5 Å². The Balaban J connectivity index is 1.20. The molecule has 2 fully saturated rings. The molecule has 1 aliphatic carbocycles. The van der Waals surface area contributed by atoms with Crippen molar-refractivity contribution in [3.05, 3.63) is 23.8 Å². The van der Waals surface area contributed by atoms with Crippen molar-refractivity contribution in [1.29, 1.82) is 0 Å². The number of fused-ring (bicyclic) bond motifs is 1. The minimum Gasteiger partial charge on any atom is -0.484 e. The predicted octanol–water partition coefficient (Wildman–Crippen LogP) is 1.55. The van der Waals surface area contributed by atoms with E-state index in [2.05, 4.69) is 15.5 Å². The van der Waals surface area contributed by atoms with Crippen LogP contribution in [-0.2, 0) is 16.0 Å². The molecule has 0 bridgehead atoms. The highest BCUT2D eigenvalue weighted by molar-refractivity contribution is 5.94. The van der Waals surface area contributed by atoms with Crippen molar-refractivity contribution < 1.29 is 14.3 Å². The zero-order valence-corrected chi connectivity index (χ0v) is 14.4. The molecule has 134 valence electrons. The quantitative estimate of drug-likeness (QED) is 0.822. The second-order valence-electron chi connectivity index (χ2n) is 7.34. The molecule has 0 spiro atoms. The van der Waals surface area contributed by atoms with Crippen LogP contribution < -0.4 is 15.4 Å². The van der Waals surface area contributed by atoms with Crippen molar-refractivity contribution in [2.24, 2.45) is 5.92 Å². The summed E-state index contributed by atoms with van der Waals surface area (Å²) in [4.78, 5) is 25.9. The number of ether oxygens (including phenoxy) is 1. The standard InChI is InChI=1S/C19H25N3O3/c23-18-6-1-14-9-16(4-5-17(14)21-18)25-12-19(24)20-10-13-7-8-22(11-13)15-2-3-15/h4-5,9,13,15H,1-3,6-8,10-12H2,(H,20,24)(H,21,23). The van der Waals surface area contributed by atoms with Crippen LogP contribution in [0.4, 0.5) is 5.69 Å². The van der Waals surface area contributed by atoms with E-state index in [1.807, 2.05) is 12.1 Å². The largest absolute Gasteiger partial charge is 0.484 e. The van der Waals surface area contributed by atoms with Gasteiger partial charge >= 0.3 is 0 Å². The molecule has 3 aliphatic rings. The molecule has 6 nitrogen and oxygen atoms in total. The maximum atomic E-state index is 12.0. The zero-order valence-electron chi connectivity index (χ0n) is 14.4. The van der Waals surface area contributed by atoms with E-state index < -0.39 is 0 Å². The lowest BCUT2D eigenvalue weighted by Gasteiger charge is -2.18. The zero-order chi connectivity index (χ0) is 17.2. The van der Waals surface area contributed by atoms with Gasteiger partial charge in [-0.15, -0.1) is 0 Å². The Kier molecular flexibility index (Phi) is 4.61. The number of carbonyl (C=O) groups excluding carboxylic acids is 2. The Bertz CT molecular complexity index is 672. The molecular formula is C19H25N3O3. The third-order valence-electron chi connectivity index (χ3n) is 5.31. The second-order valence-corrected chi connectivity index (χ2v) is 7.34. The van der Waals surface area contributed by atoms with Gasteiger partial charge in [-0.05, 0) is 61.9 Å². The van der Waals surface area contributed by atoms with Gasteiger partial charge in [0, 0.05) is 31.2 Å². The van der Waals surface area contributed by atoms with Crippen molar-refractivity contribution in [3.8, 4) is 5.75 Å². The molecule has 2 N–H and O–H groups in total. The van der Waals surface area contributed by atoms with E-state index in [0.717, 1.165) is 30.4 Å². The Morgan fingerprint density at radius 1 is 1.28 bits per heavy atom. The predicted molar refractivity (Wildman–Crippen MR) is 94.6 cm³/mol. The molecule has 0 radical (unpaired) electrons. The highest BCUT2D eigenvalue weighted by Gasteiger charge is 2.34. The maximum absolute atomic E-state index is 12.0. The van der Waals surface area contributed by atoms with Gasteiger partial charge in [0.1, 0.15) is 5.75 Å². The van der Waals surface area contributed by atoms with Gasteiger partial charge in [-0.3, -0.25) is 9.59 Å². The highest BCUT2D eigenvalue weighted by Crippen LogP contribution is 2.31. The topological polar surface area (TPSA) is 70.7 Å². The van der Waals surface area contributed by atoms with E-state index >= 15 is 0 Å². The average molecular weight is 343 g/mol. The fourth-order valence-electron chi connectivity index (χ4n) is 3.71. The van der Waals surface area contributed by atoms with Crippen LogP contribution in [0.25, 0.3) is 0 Å². The molecule has 0 aromatic heterocycles. The van der Waals surface area contributed by atoms with E-state index in [-0.39, 0.29) is 18.4 Å². The lowest BCUT2D eigenvalue weighted by atomic mass is 10.0. The first-order valence-corrected chi connectivity index (χ1v) is 9.24. The summed E-state index contributed by atoms with van der Waals surface area (Å²) in [6, 6.07) is 6.36. The van der Waals surface area contributed by atoms with E-state index in [0.29, 0.717) is 24.5 Å². The van der Waals surface area contributed by atoms with Crippen LogP contribution in [0.2, 0.25) is 0 Å². The number of aryl methyl sites for hydroxylation is 1. The fraction of sp³-hybridized carbons (Fsp3) is 0.579.